The van der Waals surface area contributed by atoms with E-state index in [9.17, 15) is 9.90 Å². The predicted octanol–water partition coefficient (Wildman–Crippen LogP) is 3.11. The number of carbonyl (C=O) groups is 1. The first kappa shape index (κ1) is 15.0. The summed E-state index contributed by atoms with van der Waals surface area (Å²) in [5, 5.41) is 10.7. The average molecular weight is 281 g/mol. The van der Waals surface area contributed by atoms with Gasteiger partial charge in [0.2, 0.25) is 5.91 Å². The highest BCUT2D eigenvalue weighted by Gasteiger charge is 2.28. The molecule has 0 aliphatic carbocycles. The maximum atomic E-state index is 12.0. The summed E-state index contributed by atoms with van der Waals surface area (Å²) in [5.74, 6) is -0.223. The molecule has 0 saturated heterocycles. The lowest BCUT2D eigenvalue weighted by molar-refractivity contribution is -0.129. The van der Waals surface area contributed by atoms with Gasteiger partial charge in [-0.05, 0) is 17.2 Å². The van der Waals surface area contributed by atoms with Gasteiger partial charge in [-0.2, -0.15) is 0 Å². The van der Waals surface area contributed by atoms with Crippen LogP contribution < -0.4 is 0 Å². The molecular formula is C18H19NO2. The van der Waals surface area contributed by atoms with Crippen molar-refractivity contribution in [2.45, 2.75) is 12.1 Å². The molecule has 1 N–H and O–H groups in total. The van der Waals surface area contributed by atoms with Crippen molar-refractivity contribution >= 4 is 5.91 Å². The third-order valence-corrected chi connectivity index (χ3v) is 3.52. The van der Waals surface area contributed by atoms with E-state index in [0.29, 0.717) is 0 Å². The van der Waals surface area contributed by atoms with Gasteiger partial charge in [0.1, 0.15) is 6.10 Å². The maximum Gasteiger partial charge on any atom is 0.246 e. The van der Waals surface area contributed by atoms with E-state index in [1.165, 1.54) is 11.0 Å². The van der Waals surface area contributed by atoms with Crippen molar-refractivity contribution in [1.29, 1.82) is 0 Å². The average Bonchev–Trinajstić information content (AvgIpc) is 2.56. The van der Waals surface area contributed by atoms with Gasteiger partial charge in [0.05, 0.1) is 6.04 Å². The second-order valence-corrected chi connectivity index (χ2v) is 4.86. The van der Waals surface area contributed by atoms with Crippen molar-refractivity contribution in [2.24, 2.45) is 0 Å². The molecule has 0 fully saturated rings. The number of carbonyl (C=O) groups excluding carboxylic acids is 1. The van der Waals surface area contributed by atoms with Gasteiger partial charge in [0, 0.05) is 7.05 Å². The second kappa shape index (κ2) is 6.86. The quantitative estimate of drug-likeness (QED) is 0.855. The minimum Gasteiger partial charge on any atom is -0.386 e. The summed E-state index contributed by atoms with van der Waals surface area (Å²) in [6, 6.07) is 18.4. The Morgan fingerprint density at radius 1 is 1.05 bits per heavy atom. The maximum absolute atomic E-state index is 12.0. The number of hydrogen-bond acceptors (Lipinski definition) is 2. The Hall–Kier alpha value is -2.39. The topological polar surface area (TPSA) is 40.5 Å². The van der Waals surface area contributed by atoms with E-state index in [0.717, 1.165) is 11.1 Å². The molecule has 0 aliphatic rings. The first-order valence-electron chi connectivity index (χ1n) is 6.82. The molecular weight excluding hydrogens is 262 g/mol. The van der Waals surface area contributed by atoms with Gasteiger partial charge in [-0.25, -0.2) is 0 Å². The molecule has 2 atom stereocenters. The molecule has 0 saturated carbocycles. The van der Waals surface area contributed by atoms with Gasteiger partial charge >= 0.3 is 0 Å². The van der Waals surface area contributed by atoms with E-state index in [4.69, 9.17) is 0 Å². The van der Waals surface area contributed by atoms with Gasteiger partial charge in [-0.3, -0.25) is 4.79 Å². The van der Waals surface area contributed by atoms with Crippen LogP contribution in [0.1, 0.15) is 23.3 Å². The molecule has 0 unspecified atom stereocenters. The monoisotopic (exact) mass is 281 g/mol. The van der Waals surface area contributed by atoms with Crippen LogP contribution in [-0.2, 0) is 4.79 Å². The molecule has 1 amide bonds. The Morgan fingerprint density at radius 3 is 2.00 bits per heavy atom. The molecule has 3 nitrogen and oxygen atoms in total. The molecule has 0 heterocycles. The van der Waals surface area contributed by atoms with Crippen LogP contribution in [0.15, 0.2) is 73.3 Å². The standard InChI is InChI=1S/C18H19NO2/c1-3-16(20)19(2)17(14-10-6-4-7-11-14)18(21)15-12-8-5-9-13-15/h3-13,17-18,21H,1H2,2H3/t17-,18-/m1/s1. The van der Waals surface area contributed by atoms with E-state index < -0.39 is 12.1 Å². The third kappa shape index (κ3) is 3.38. The van der Waals surface area contributed by atoms with Gasteiger partial charge in [0.15, 0.2) is 0 Å². The van der Waals surface area contributed by atoms with Gasteiger partial charge < -0.3 is 10.0 Å². The number of aliphatic hydroxyl groups is 1. The van der Waals surface area contributed by atoms with Crippen LogP contribution in [-0.4, -0.2) is 23.0 Å². The van der Waals surface area contributed by atoms with Gasteiger partial charge in [-0.1, -0.05) is 67.2 Å². The minimum atomic E-state index is -0.803. The normalized spacial score (nSPS) is 13.2. The van der Waals surface area contributed by atoms with Crippen LogP contribution >= 0.6 is 0 Å². The minimum absolute atomic E-state index is 0.223. The van der Waals surface area contributed by atoms with Crippen LogP contribution in [0.4, 0.5) is 0 Å². The first-order chi connectivity index (χ1) is 10.1. The lowest BCUT2D eigenvalue weighted by Gasteiger charge is -2.32. The van der Waals surface area contributed by atoms with E-state index in [1.54, 1.807) is 7.05 Å². The van der Waals surface area contributed by atoms with Crippen molar-refractivity contribution in [2.75, 3.05) is 7.05 Å². The molecule has 3 heteroatoms. The largest absolute Gasteiger partial charge is 0.386 e. The molecule has 108 valence electrons. The zero-order valence-electron chi connectivity index (χ0n) is 12.0. The summed E-state index contributed by atoms with van der Waals surface area (Å²) >= 11 is 0. The van der Waals surface area contributed by atoms with Crippen LogP contribution in [0.5, 0.6) is 0 Å². The molecule has 0 spiro atoms. The Balaban J connectivity index is 2.41. The molecule has 2 aromatic carbocycles. The van der Waals surface area contributed by atoms with Crippen molar-refractivity contribution in [3.05, 3.63) is 84.4 Å². The SMILES string of the molecule is C=CC(=O)N(C)[C@H](c1ccccc1)[C@H](O)c1ccccc1. The Morgan fingerprint density at radius 2 is 1.52 bits per heavy atom. The Kier molecular flexibility index (Phi) is 4.90. The predicted molar refractivity (Wildman–Crippen MR) is 83.6 cm³/mol. The number of amides is 1. The summed E-state index contributed by atoms with van der Waals surface area (Å²) < 4.78 is 0. The lowest BCUT2D eigenvalue weighted by atomic mass is 9.94. The highest BCUT2D eigenvalue weighted by molar-refractivity contribution is 5.87. The number of benzene rings is 2. The molecule has 2 rings (SSSR count). The van der Waals surface area contributed by atoms with Gasteiger partial charge in [0.25, 0.3) is 0 Å². The van der Waals surface area contributed by atoms with Crippen molar-refractivity contribution in [3.63, 3.8) is 0 Å². The molecule has 2 aromatic rings. The van der Waals surface area contributed by atoms with E-state index in [2.05, 4.69) is 6.58 Å². The summed E-state index contributed by atoms with van der Waals surface area (Å²) in [6.07, 6.45) is 0.454. The fraction of sp³-hybridized carbons (Fsp3) is 0.167. The first-order valence-corrected chi connectivity index (χ1v) is 6.82. The van der Waals surface area contributed by atoms with Crippen molar-refractivity contribution in [3.8, 4) is 0 Å². The number of nitrogens with zero attached hydrogens (tertiary/aromatic N) is 1. The van der Waals surface area contributed by atoms with Crippen LogP contribution in [0, 0.1) is 0 Å². The van der Waals surface area contributed by atoms with Crippen molar-refractivity contribution in [1.82, 2.24) is 4.90 Å². The Bertz CT molecular complexity index is 595. The number of rotatable bonds is 5. The smallest absolute Gasteiger partial charge is 0.246 e. The van der Waals surface area contributed by atoms with Crippen LogP contribution in [0.25, 0.3) is 0 Å². The fourth-order valence-corrected chi connectivity index (χ4v) is 2.38. The fourth-order valence-electron chi connectivity index (χ4n) is 2.38. The highest BCUT2D eigenvalue weighted by Crippen LogP contribution is 2.33. The zero-order valence-corrected chi connectivity index (χ0v) is 12.0. The van der Waals surface area contributed by atoms with Crippen LogP contribution in [0.2, 0.25) is 0 Å². The summed E-state index contributed by atoms with van der Waals surface area (Å²) in [4.78, 5) is 13.5. The van der Waals surface area contributed by atoms with Gasteiger partial charge in [-0.15, -0.1) is 0 Å². The number of aliphatic hydroxyl groups excluding tert-OH is 1. The summed E-state index contributed by atoms with van der Waals surface area (Å²) in [7, 11) is 1.67. The number of hydrogen-bond donors (Lipinski definition) is 1. The number of likely N-dealkylation sites (N-methyl/N-ethyl adjacent to an activating group) is 1. The highest BCUT2D eigenvalue weighted by atomic mass is 16.3. The third-order valence-electron chi connectivity index (χ3n) is 3.52. The molecule has 0 aromatic heterocycles. The second-order valence-electron chi connectivity index (χ2n) is 4.86. The zero-order chi connectivity index (χ0) is 15.2. The van der Waals surface area contributed by atoms with E-state index in [-0.39, 0.29) is 5.91 Å². The van der Waals surface area contributed by atoms with Crippen LogP contribution in [0.3, 0.4) is 0 Å². The Labute approximate surface area is 125 Å². The van der Waals surface area contributed by atoms with E-state index >= 15 is 0 Å². The molecule has 0 radical (unpaired) electrons. The molecule has 21 heavy (non-hydrogen) atoms. The summed E-state index contributed by atoms with van der Waals surface area (Å²) in [5.41, 5.74) is 1.65. The van der Waals surface area contributed by atoms with E-state index in [1.807, 2.05) is 60.7 Å². The van der Waals surface area contributed by atoms with Crippen molar-refractivity contribution < 1.29 is 9.90 Å². The summed E-state index contributed by atoms with van der Waals surface area (Å²) in [6.45, 7) is 3.52. The lowest BCUT2D eigenvalue weighted by Crippen LogP contribution is -2.33. The molecule has 0 bridgehead atoms. The molecule has 0 aliphatic heterocycles.